The van der Waals surface area contributed by atoms with Crippen LogP contribution in [0.3, 0.4) is 0 Å². The Labute approximate surface area is 103 Å². The predicted octanol–water partition coefficient (Wildman–Crippen LogP) is 1.43. The van der Waals surface area contributed by atoms with Crippen LogP contribution in [0.2, 0.25) is 0 Å². The maximum absolute atomic E-state index is 12.1. The van der Waals surface area contributed by atoms with Gasteiger partial charge in [-0.1, -0.05) is 0 Å². The number of amides is 1. The molecule has 0 rings (SSSR count). The Kier molecular flexibility index (Phi) is 5.67. The molecule has 0 N–H and O–H groups in total. The van der Waals surface area contributed by atoms with Gasteiger partial charge in [0.25, 0.3) is 0 Å². The van der Waals surface area contributed by atoms with Crippen LogP contribution >= 0.6 is 0 Å². The molecule has 0 bridgehead atoms. The molecule has 1 amide bonds. The van der Waals surface area contributed by atoms with Gasteiger partial charge < -0.3 is 9.64 Å². The van der Waals surface area contributed by atoms with E-state index in [1.807, 2.05) is 0 Å². The van der Waals surface area contributed by atoms with Crippen LogP contribution in [0.25, 0.3) is 0 Å². The van der Waals surface area contributed by atoms with Gasteiger partial charge in [-0.15, -0.1) is 0 Å². The van der Waals surface area contributed by atoms with Gasteiger partial charge in [0.05, 0.1) is 6.54 Å². The molecule has 104 valence electrons. The lowest BCUT2D eigenvalue weighted by atomic mass is 10.3. The first-order chi connectivity index (χ1) is 8.09. The molecule has 0 spiro atoms. The molecule has 0 saturated heterocycles. The lowest BCUT2D eigenvalue weighted by Crippen LogP contribution is -2.42. The number of alkyl halides is 3. The van der Waals surface area contributed by atoms with Gasteiger partial charge in [0.1, 0.15) is 6.10 Å². The van der Waals surface area contributed by atoms with E-state index in [-0.39, 0.29) is 12.4 Å². The minimum Gasteiger partial charge on any atom is -0.473 e. The van der Waals surface area contributed by atoms with Gasteiger partial charge in [0.15, 0.2) is 0 Å². The average Bonchev–Trinajstić information content (AvgIpc) is 2.24. The second-order valence-corrected chi connectivity index (χ2v) is 3.67. The lowest BCUT2D eigenvalue weighted by Gasteiger charge is -2.25. The van der Waals surface area contributed by atoms with Crippen LogP contribution < -0.4 is 0 Å². The van der Waals surface area contributed by atoms with Crippen LogP contribution in [-0.4, -0.2) is 55.5 Å². The third-order valence-corrected chi connectivity index (χ3v) is 2.03. The average molecular weight is 267 g/mol. The highest BCUT2D eigenvalue weighted by Gasteiger charge is 2.41. The van der Waals surface area contributed by atoms with Crippen LogP contribution in [0.5, 0.6) is 0 Å². The monoisotopic (exact) mass is 267 g/mol. The van der Waals surface area contributed by atoms with Gasteiger partial charge in [-0.2, -0.15) is 18.3 Å². The number of hydrazone groups is 1. The van der Waals surface area contributed by atoms with Crippen molar-refractivity contribution in [2.45, 2.75) is 19.2 Å². The summed E-state index contributed by atoms with van der Waals surface area (Å²) < 4.78 is 41.5. The van der Waals surface area contributed by atoms with E-state index in [0.717, 1.165) is 7.05 Å². The normalized spacial score (nSPS) is 12.6. The smallest absolute Gasteiger partial charge is 0.471 e. The minimum atomic E-state index is -4.88. The number of hydrogen-bond donors (Lipinski definition) is 0. The summed E-state index contributed by atoms with van der Waals surface area (Å²) in [7, 11) is 2.57. The Morgan fingerprint density at radius 1 is 1.44 bits per heavy atom. The van der Waals surface area contributed by atoms with E-state index in [4.69, 9.17) is 4.74 Å². The third kappa shape index (κ3) is 5.07. The van der Waals surface area contributed by atoms with Crippen molar-refractivity contribution in [3.8, 4) is 0 Å². The zero-order valence-corrected chi connectivity index (χ0v) is 10.5. The van der Waals surface area contributed by atoms with Crippen LogP contribution in [0.15, 0.2) is 17.6 Å². The van der Waals surface area contributed by atoms with Crippen molar-refractivity contribution in [3.05, 3.63) is 12.5 Å². The highest BCUT2D eigenvalue weighted by atomic mass is 19.4. The fourth-order valence-electron chi connectivity index (χ4n) is 1.11. The number of hydrogen-bond acceptors (Lipinski definition) is 4. The molecule has 0 aliphatic rings. The van der Waals surface area contributed by atoms with Gasteiger partial charge in [0, 0.05) is 20.8 Å². The Balaban J connectivity index is 4.33. The van der Waals surface area contributed by atoms with Crippen molar-refractivity contribution in [1.82, 2.24) is 9.91 Å². The van der Waals surface area contributed by atoms with Gasteiger partial charge >= 0.3 is 12.1 Å². The standard InChI is InChI=1S/C10H16F3N3O2/c1-7(18-8(2)16(5)14-3)6-15(4)9(17)10(11,12)13/h7H,2-3,6H2,1,4-5H3. The number of ether oxygens (including phenoxy) is 1. The molecule has 0 saturated carbocycles. The first-order valence-electron chi connectivity index (χ1n) is 4.97. The highest BCUT2D eigenvalue weighted by Crippen LogP contribution is 2.18. The summed E-state index contributed by atoms with van der Waals surface area (Å²) in [6.45, 7) is 8.04. The first kappa shape index (κ1) is 16.3. The molecule has 0 fully saturated rings. The van der Waals surface area contributed by atoms with Crippen LogP contribution in [-0.2, 0) is 9.53 Å². The zero-order valence-electron chi connectivity index (χ0n) is 10.5. The molecule has 0 aromatic carbocycles. The highest BCUT2D eigenvalue weighted by molar-refractivity contribution is 5.81. The second kappa shape index (κ2) is 6.27. The summed E-state index contributed by atoms with van der Waals surface area (Å²) in [4.78, 5) is 11.4. The van der Waals surface area contributed by atoms with Crippen LogP contribution in [0.1, 0.15) is 6.92 Å². The Bertz CT molecular complexity index is 331. The SMILES string of the molecule is C=NN(C)C(=C)OC(C)CN(C)C(=O)C(F)(F)F. The second-order valence-electron chi connectivity index (χ2n) is 3.67. The molecule has 5 nitrogen and oxygen atoms in total. The summed E-state index contributed by atoms with van der Waals surface area (Å²) in [5.41, 5.74) is 0. The minimum absolute atomic E-state index is 0.130. The molecule has 0 aromatic heterocycles. The van der Waals surface area contributed by atoms with Crippen molar-refractivity contribution in [3.63, 3.8) is 0 Å². The topological polar surface area (TPSA) is 45.1 Å². The van der Waals surface area contributed by atoms with Crippen molar-refractivity contribution in [2.75, 3.05) is 20.6 Å². The molecular formula is C10H16F3N3O2. The number of carbonyl (C=O) groups excluding carboxylic acids is 1. The molecule has 0 aliphatic carbocycles. The van der Waals surface area contributed by atoms with Gasteiger partial charge in [-0.3, -0.25) is 4.79 Å². The van der Waals surface area contributed by atoms with Crippen molar-refractivity contribution in [2.24, 2.45) is 5.10 Å². The molecule has 0 heterocycles. The van der Waals surface area contributed by atoms with Gasteiger partial charge in [-0.25, -0.2) is 5.01 Å². The first-order valence-corrected chi connectivity index (χ1v) is 4.97. The van der Waals surface area contributed by atoms with E-state index < -0.39 is 18.2 Å². The Morgan fingerprint density at radius 2 is 1.94 bits per heavy atom. The quantitative estimate of drug-likeness (QED) is 0.415. The number of carbonyl (C=O) groups is 1. The molecule has 1 unspecified atom stereocenters. The van der Waals surface area contributed by atoms with Gasteiger partial charge in [0.2, 0.25) is 5.88 Å². The van der Waals surface area contributed by atoms with Gasteiger partial charge in [-0.05, 0) is 13.5 Å². The van der Waals surface area contributed by atoms with E-state index in [1.165, 1.54) is 19.0 Å². The van der Waals surface area contributed by atoms with Crippen molar-refractivity contribution < 1.29 is 22.7 Å². The summed E-state index contributed by atoms with van der Waals surface area (Å²) >= 11 is 0. The summed E-state index contributed by atoms with van der Waals surface area (Å²) in [5, 5.41) is 4.72. The molecule has 18 heavy (non-hydrogen) atoms. The van der Waals surface area contributed by atoms with Crippen molar-refractivity contribution >= 4 is 12.6 Å². The van der Waals surface area contributed by atoms with E-state index in [1.54, 1.807) is 0 Å². The molecular weight excluding hydrogens is 251 g/mol. The Morgan fingerprint density at radius 3 is 2.33 bits per heavy atom. The maximum Gasteiger partial charge on any atom is 0.471 e. The molecule has 0 aromatic rings. The Hall–Kier alpha value is -1.73. The number of rotatable bonds is 6. The largest absolute Gasteiger partial charge is 0.473 e. The predicted molar refractivity (Wildman–Crippen MR) is 60.7 cm³/mol. The fraction of sp³-hybridized carbons (Fsp3) is 0.600. The molecule has 1 atom stereocenters. The van der Waals surface area contributed by atoms with E-state index in [0.29, 0.717) is 4.90 Å². The van der Waals surface area contributed by atoms with E-state index in [2.05, 4.69) is 18.4 Å². The molecule has 0 radical (unpaired) electrons. The third-order valence-electron chi connectivity index (χ3n) is 2.03. The maximum atomic E-state index is 12.1. The summed E-state index contributed by atoms with van der Waals surface area (Å²) in [6.07, 6.45) is -5.54. The summed E-state index contributed by atoms with van der Waals surface area (Å²) in [6, 6.07) is 0. The number of nitrogens with zero attached hydrogens (tertiary/aromatic N) is 3. The fourth-order valence-corrected chi connectivity index (χ4v) is 1.11. The number of likely N-dealkylation sites (N-methyl/N-ethyl adjacent to an activating group) is 1. The van der Waals surface area contributed by atoms with Crippen molar-refractivity contribution in [1.29, 1.82) is 0 Å². The summed E-state index contributed by atoms with van der Waals surface area (Å²) in [5.74, 6) is -1.79. The molecule has 8 heteroatoms. The van der Waals surface area contributed by atoms with Crippen LogP contribution in [0.4, 0.5) is 13.2 Å². The zero-order chi connectivity index (χ0) is 14.5. The molecule has 0 aliphatic heterocycles. The van der Waals surface area contributed by atoms with Crippen LogP contribution in [0, 0.1) is 0 Å². The number of halogens is 3. The lowest BCUT2D eigenvalue weighted by molar-refractivity contribution is -0.185. The van der Waals surface area contributed by atoms with E-state index >= 15 is 0 Å². The van der Waals surface area contributed by atoms with E-state index in [9.17, 15) is 18.0 Å².